The second-order valence-electron chi connectivity index (χ2n) is 6.81. The van der Waals surface area contributed by atoms with Crippen LogP contribution in [-0.4, -0.2) is 50.9 Å². The first kappa shape index (κ1) is 18.7. The molecule has 6 nitrogen and oxygen atoms in total. The average Bonchev–Trinajstić information content (AvgIpc) is 2.71. The number of ether oxygens (including phenoxy) is 3. The summed E-state index contributed by atoms with van der Waals surface area (Å²) in [5, 5.41) is 21.1. The van der Waals surface area contributed by atoms with E-state index in [2.05, 4.69) is 0 Å². The lowest BCUT2D eigenvalue weighted by atomic mass is 9.99. The van der Waals surface area contributed by atoms with Crippen molar-refractivity contribution in [2.75, 3.05) is 6.61 Å². The van der Waals surface area contributed by atoms with Crippen LogP contribution in [0.1, 0.15) is 17.4 Å². The minimum Gasteiger partial charge on any atom is -0.387 e. The lowest BCUT2D eigenvalue weighted by Crippen LogP contribution is -2.62. The molecule has 1 unspecified atom stereocenters. The summed E-state index contributed by atoms with van der Waals surface area (Å²) in [4.78, 5) is 0.537. The SMILES string of the molecule is Cc1ccc(S(=O)[C@@H]2O[C@@H]3CO[C@@H](c4ccccc4)O[C@H]3[C@H](O)[C@H]2O)cc1. The Hall–Kier alpha value is -1.61. The Labute approximate surface area is 160 Å². The van der Waals surface area contributed by atoms with Gasteiger partial charge >= 0.3 is 0 Å². The van der Waals surface area contributed by atoms with Gasteiger partial charge in [0, 0.05) is 10.5 Å². The first-order valence-electron chi connectivity index (χ1n) is 8.85. The van der Waals surface area contributed by atoms with E-state index in [0.29, 0.717) is 4.90 Å². The Bertz CT molecular complexity index is 794. The van der Waals surface area contributed by atoms with Crippen LogP contribution in [-0.2, 0) is 25.0 Å². The van der Waals surface area contributed by atoms with E-state index in [9.17, 15) is 14.4 Å². The Morgan fingerprint density at radius 3 is 2.37 bits per heavy atom. The highest BCUT2D eigenvalue weighted by Gasteiger charge is 2.50. The van der Waals surface area contributed by atoms with Crippen molar-refractivity contribution < 1.29 is 28.6 Å². The lowest BCUT2D eigenvalue weighted by molar-refractivity contribution is -0.318. The van der Waals surface area contributed by atoms with Crippen molar-refractivity contribution in [2.45, 2.75) is 48.0 Å². The largest absolute Gasteiger partial charge is 0.387 e. The zero-order valence-electron chi connectivity index (χ0n) is 14.8. The molecule has 0 aromatic heterocycles. The van der Waals surface area contributed by atoms with E-state index in [1.54, 1.807) is 12.1 Å². The van der Waals surface area contributed by atoms with Crippen LogP contribution in [0, 0.1) is 6.92 Å². The highest BCUT2D eigenvalue weighted by atomic mass is 32.2. The van der Waals surface area contributed by atoms with Gasteiger partial charge in [-0.2, -0.15) is 0 Å². The molecule has 2 aliphatic rings. The van der Waals surface area contributed by atoms with Crippen molar-refractivity contribution in [1.82, 2.24) is 0 Å². The van der Waals surface area contributed by atoms with Crippen molar-refractivity contribution in [3.05, 3.63) is 65.7 Å². The lowest BCUT2D eigenvalue weighted by Gasteiger charge is -2.46. The van der Waals surface area contributed by atoms with E-state index in [1.165, 1.54) is 0 Å². The third-order valence-corrected chi connectivity index (χ3v) is 6.42. The van der Waals surface area contributed by atoms with E-state index in [0.717, 1.165) is 11.1 Å². The molecule has 2 fully saturated rings. The van der Waals surface area contributed by atoms with Gasteiger partial charge in [0.2, 0.25) is 0 Å². The summed E-state index contributed by atoms with van der Waals surface area (Å²) in [6, 6.07) is 16.5. The molecule has 0 bridgehead atoms. The van der Waals surface area contributed by atoms with E-state index < -0.39 is 46.9 Å². The minimum absolute atomic E-state index is 0.176. The normalized spacial score (nSPS) is 34.6. The molecule has 0 radical (unpaired) electrons. The number of aryl methyl sites for hydroxylation is 1. The van der Waals surface area contributed by atoms with Gasteiger partial charge in [-0.15, -0.1) is 0 Å². The Balaban J connectivity index is 1.50. The van der Waals surface area contributed by atoms with E-state index >= 15 is 0 Å². The number of benzene rings is 2. The summed E-state index contributed by atoms with van der Waals surface area (Å²) < 4.78 is 30.3. The molecule has 7 heteroatoms. The number of fused-ring (bicyclic) bond motifs is 1. The summed E-state index contributed by atoms with van der Waals surface area (Å²) in [6.45, 7) is 2.11. The summed E-state index contributed by atoms with van der Waals surface area (Å²) in [5.41, 5.74) is 0.814. The quantitative estimate of drug-likeness (QED) is 0.829. The van der Waals surface area contributed by atoms with Crippen molar-refractivity contribution in [3.8, 4) is 0 Å². The maximum atomic E-state index is 12.9. The van der Waals surface area contributed by atoms with Gasteiger partial charge in [0.05, 0.1) is 17.4 Å². The monoisotopic (exact) mass is 390 g/mol. The molecule has 0 aliphatic carbocycles. The standard InChI is InChI=1S/C20H22O6S/c1-12-7-9-14(10-8-12)27(23)20-17(22)16(21)18-15(25-20)11-24-19(26-18)13-5-3-2-4-6-13/h2-10,15-22H,11H2,1H3/t15-,16-,17-,18-,19-,20+,27?/m1/s1. The van der Waals surface area contributed by atoms with Gasteiger partial charge < -0.3 is 24.4 Å². The molecule has 2 aromatic rings. The summed E-state index contributed by atoms with van der Waals surface area (Å²) in [7, 11) is -1.63. The molecule has 0 saturated carbocycles. The third-order valence-electron chi connectivity index (χ3n) is 4.87. The maximum absolute atomic E-state index is 12.9. The van der Waals surface area contributed by atoms with Crippen LogP contribution in [0.4, 0.5) is 0 Å². The molecule has 2 saturated heterocycles. The summed E-state index contributed by atoms with van der Waals surface area (Å²) in [6.07, 6.45) is -4.56. The van der Waals surface area contributed by atoms with Gasteiger partial charge in [-0.3, -0.25) is 4.21 Å². The molecule has 7 atom stereocenters. The zero-order chi connectivity index (χ0) is 19.0. The second-order valence-corrected chi connectivity index (χ2v) is 8.34. The molecular weight excluding hydrogens is 368 g/mol. The number of rotatable bonds is 3. The Kier molecular flexibility index (Phi) is 5.41. The number of hydrogen-bond acceptors (Lipinski definition) is 6. The molecule has 2 heterocycles. The van der Waals surface area contributed by atoms with Gasteiger partial charge in [-0.1, -0.05) is 48.0 Å². The smallest absolute Gasteiger partial charge is 0.184 e. The van der Waals surface area contributed by atoms with Crippen molar-refractivity contribution >= 4 is 10.8 Å². The highest BCUT2D eigenvalue weighted by Crippen LogP contribution is 2.35. The molecule has 0 spiro atoms. The highest BCUT2D eigenvalue weighted by molar-refractivity contribution is 7.85. The predicted octanol–water partition coefficient (Wildman–Crippen LogP) is 1.66. The van der Waals surface area contributed by atoms with E-state index in [-0.39, 0.29) is 6.61 Å². The fraction of sp³-hybridized carbons (Fsp3) is 0.400. The molecular formula is C20H22O6S. The van der Waals surface area contributed by atoms with Crippen molar-refractivity contribution in [1.29, 1.82) is 0 Å². The third kappa shape index (κ3) is 3.71. The van der Waals surface area contributed by atoms with Crippen LogP contribution < -0.4 is 0 Å². The van der Waals surface area contributed by atoms with Gasteiger partial charge in [-0.25, -0.2) is 0 Å². The zero-order valence-corrected chi connectivity index (χ0v) is 15.6. The molecule has 144 valence electrons. The van der Waals surface area contributed by atoms with Gasteiger partial charge in [0.25, 0.3) is 0 Å². The fourth-order valence-electron chi connectivity index (χ4n) is 3.34. The van der Waals surface area contributed by atoms with Gasteiger partial charge in [-0.05, 0) is 19.1 Å². The summed E-state index contributed by atoms with van der Waals surface area (Å²) in [5.74, 6) is 0. The molecule has 2 aromatic carbocycles. The first-order valence-corrected chi connectivity index (χ1v) is 10.1. The Morgan fingerprint density at radius 1 is 0.963 bits per heavy atom. The topological polar surface area (TPSA) is 85.2 Å². The number of aliphatic hydroxyl groups is 2. The molecule has 27 heavy (non-hydrogen) atoms. The van der Waals surface area contributed by atoms with Crippen LogP contribution in [0.2, 0.25) is 0 Å². The average molecular weight is 390 g/mol. The molecule has 0 amide bonds. The second kappa shape index (κ2) is 7.79. The van der Waals surface area contributed by atoms with E-state index in [1.807, 2.05) is 49.4 Å². The van der Waals surface area contributed by atoms with Gasteiger partial charge in [0.15, 0.2) is 11.7 Å². The van der Waals surface area contributed by atoms with Crippen molar-refractivity contribution in [2.24, 2.45) is 0 Å². The Morgan fingerprint density at radius 2 is 1.67 bits per heavy atom. The van der Waals surface area contributed by atoms with Crippen LogP contribution in [0.25, 0.3) is 0 Å². The molecule has 2 N–H and O–H groups in total. The van der Waals surface area contributed by atoms with Crippen molar-refractivity contribution in [3.63, 3.8) is 0 Å². The van der Waals surface area contributed by atoms with E-state index in [4.69, 9.17) is 14.2 Å². The van der Waals surface area contributed by atoms with Crippen LogP contribution in [0.5, 0.6) is 0 Å². The predicted molar refractivity (Wildman–Crippen MR) is 98.3 cm³/mol. The van der Waals surface area contributed by atoms with Crippen LogP contribution in [0.15, 0.2) is 59.5 Å². The maximum Gasteiger partial charge on any atom is 0.184 e. The fourth-order valence-corrected chi connectivity index (χ4v) is 4.67. The molecule has 2 aliphatic heterocycles. The van der Waals surface area contributed by atoms with Crippen LogP contribution in [0.3, 0.4) is 0 Å². The minimum atomic E-state index is -1.63. The number of aliphatic hydroxyl groups excluding tert-OH is 2. The van der Waals surface area contributed by atoms with Crippen LogP contribution >= 0.6 is 0 Å². The first-order chi connectivity index (χ1) is 13.0. The summed E-state index contributed by atoms with van der Waals surface area (Å²) >= 11 is 0. The van der Waals surface area contributed by atoms with Gasteiger partial charge in [0.1, 0.15) is 24.4 Å². The number of hydrogen-bond donors (Lipinski definition) is 2. The molecule has 4 rings (SSSR count).